The molecule has 10 heavy (non-hydrogen) atoms. The third-order valence-corrected chi connectivity index (χ3v) is 3.11. The van der Waals surface area contributed by atoms with Crippen LogP contribution in [0.5, 0.6) is 0 Å². The van der Waals surface area contributed by atoms with Crippen LogP contribution < -0.4 is 0 Å². The highest BCUT2D eigenvalue weighted by molar-refractivity contribution is 7.32. The van der Waals surface area contributed by atoms with Gasteiger partial charge in [-0.3, -0.25) is 4.67 Å². The van der Waals surface area contributed by atoms with E-state index in [1.807, 2.05) is 0 Å². The third kappa shape index (κ3) is 1.96. The van der Waals surface area contributed by atoms with E-state index in [1.54, 1.807) is 0 Å². The molecule has 0 spiro atoms. The molecule has 0 aromatic heterocycles. The van der Waals surface area contributed by atoms with Crippen LogP contribution in [-0.2, 0) is 0 Å². The third-order valence-electron chi connectivity index (χ3n) is 1.60. The Morgan fingerprint density at radius 2 is 2.20 bits per heavy atom. The van der Waals surface area contributed by atoms with Crippen molar-refractivity contribution in [3.63, 3.8) is 0 Å². The Balaban J connectivity index is 2.38. The highest BCUT2D eigenvalue weighted by Crippen LogP contribution is 2.26. The van der Waals surface area contributed by atoms with Crippen molar-refractivity contribution >= 4 is 8.88 Å². The fourth-order valence-corrected chi connectivity index (χ4v) is 1.94. The zero-order valence-electron chi connectivity index (χ0n) is 6.67. The average Bonchev–Trinajstić information content (AvgIpc) is 2.05. The molecule has 0 bridgehead atoms. The molecule has 0 fully saturated rings. The predicted molar refractivity (Wildman–Crippen MR) is 47.1 cm³/mol. The first-order valence-corrected chi connectivity index (χ1v) is 4.70. The van der Waals surface area contributed by atoms with Crippen molar-refractivity contribution in [2.45, 2.75) is 13.8 Å². The zero-order valence-corrected chi connectivity index (χ0v) is 7.67. The molecule has 1 heterocycles. The fraction of sp³-hybridized carbons (Fsp3) is 0.714. The van der Waals surface area contributed by atoms with E-state index in [-0.39, 0.29) is 0 Å². The molecule has 3 heteroatoms. The summed E-state index contributed by atoms with van der Waals surface area (Å²) >= 11 is 0. The van der Waals surface area contributed by atoms with E-state index in [4.69, 9.17) is 0 Å². The lowest BCUT2D eigenvalue weighted by atomic mass is 10.5. The fourth-order valence-electron chi connectivity index (χ4n) is 0.933. The van der Waals surface area contributed by atoms with Gasteiger partial charge in [-0.25, -0.2) is 0 Å². The number of likely N-dealkylation sites (N-methyl/N-ethyl adjacent to an activating group) is 1. The Hall–Kier alpha value is -0.0700. The molecular weight excluding hydrogens is 143 g/mol. The minimum atomic E-state index is 0.864. The lowest BCUT2D eigenvalue weighted by molar-refractivity contribution is 0.476. The molecule has 1 rings (SSSR count). The van der Waals surface area contributed by atoms with Crippen molar-refractivity contribution in [3.05, 3.63) is 12.3 Å². The second kappa shape index (κ2) is 3.95. The number of nitrogens with zero attached hydrogens (tertiary/aromatic N) is 2. The van der Waals surface area contributed by atoms with Crippen LogP contribution in [0.15, 0.2) is 12.3 Å². The van der Waals surface area contributed by atoms with Crippen LogP contribution >= 0.6 is 8.88 Å². The molecular formula is C7H15N2P. The van der Waals surface area contributed by atoms with Crippen molar-refractivity contribution < 1.29 is 0 Å². The summed E-state index contributed by atoms with van der Waals surface area (Å²) in [6, 6.07) is 0. The molecule has 0 amide bonds. The van der Waals surface area contributed by atoms with E-state index in [1.165, 1.54) is 6.54 Å². The first-order valence-electron chi connectivity index (χ1n) is 3.81. The molecule has 1 aliphatic heterocycles. The summed E-state index contributed by atoms with van der Waals surface area (Å²) in [5.41, 5.74) is 0. The summed E-state index contributed by atoms with van der Waals surface area (Å²) in [5, 5.41) is 0. The number of rotatable bonds is 2. The maximum absolute atomic E-state index is 2.43. The van der Waals surface area contributed by atoms with Gasteiger partial charge in [-0.15, -0.1) is 0 Å². The van der Waals surface area contributed by atoms with Crippen LogP contribution in [-0.4, -0.2) is 29.0 Å². The van der Waals surface area contributed by atoms with Gasteiger partial charge in [0.2, 0.25) is 0 Å². The van der Waals surface area contributed by atoms with Crippen molar-refractivity contribution in [2.75, 3.05) is 19.6 Å². The Morgan fingerprint density at radius 3 is 2.80 bits per heavy atom. The van der Waals surface area contributed by atoms with Gasteiger partial charge in [-0.2, -0.15) is 0 Å². The SMILES string of the molecule is CCN1C=CCN(CC)P1. The quantitative estimate of drug-likeness (QED) is 0.564. The van der Waals surface area contributed by atoms with Gasteiger partial charge in [0.05, 0.1) is 8.88 Å². The Bertz CT molecular complexity index is 125. The first kappa shape index (κ1) is 8.03. The molecule has 0 saturated heterocycles. The second-order valence-electron chi connectivity index (χ2n) is 2.31. The van der Waals surface area contributed by atoms with Crippen molar-refractivity contribution in [3.8, 4) is 0 Å². The minimum absolute atomic E-state index is 0.864. The minimum Gasteiger partial charge on any atom is -0.347 e. The number of hydrogen-bond acceptors (Lipinski definition) is 2. The van der Waals surface area contributed by atoms with Crippen LogP contribution in [0.4, 0.5) is 0 Å². The number of hydrogen-bond donors (Lipinski definition) is 0. The smallest absolute Gasteiger partial charge is 0.0515 e. The normalized spacial score (nSPS) is 22.4. The average molecular weight is 158 g/mol. The molecule has 1 atom stereocenters. The van der Waals surface area contributed by atoms with Crippen LogP contribution in [0.1, 0.15) is 13.8 Å². The molecule has 0 aromatic rings. The molecule has 0 N–H and O–H groups in total. The van der Waals surface area contributed by atoms with Gasteiger partial charge in [0.1, 0.15) is 0 Å². The molecule has 0 aromatic carbocycles. The van der Waals surface area contributed by atoms with Crippen LogP contribution in [0.3, 0.4) is 0 Å². The highest BCUT2D eigenvalue weighted by atomic mass is 31.1. The van der Waals surface area contributed by atoms with E-state index in [0.717, 1.165) is 22.0 Å². The van der Waals surface area contributed by atoms with Gasteiger partial charge < -0.3 is 4.67 Å². The van der Waals surface area contributed by atoms with Gasteiger partial charge in [0, 0.05) is 25.8 Å². The topological polar surface area (TPSA) is 6.48 Å². The van der Waals surface area contributed by atoms with Crippen molar-refractivity contribution in [2.24, 2.45) is 0 Å². The molecule has 1 aliphatic rings. The van der Waals surface area contributed by atoms with Crippen molar-refractivity contribution in [1.29, 1.82) is 0 Å². The summed E-state index contributed by atoms with van der Waals surface area (Å²) in [7, 11) is 0.864. The molecule has 1 unspecified atom stereocenters. The van der Waals surface area contributed by atoms with E-state index < -0.39 is 0 Å². The molecule has 0 aliphatic carbocycles. The summed E-state index contributed by atoms with van der Waals surface area (Å²) < 4.78 is 4.77. The predicted octanol–water partition coefficient (Wildman–Crippen LogP) is 1.67. The van der Waals surface area contributed by atoms with E-state index in [2.05, 4.69) is 35.5 Å². The Kier molecular flexibility index (Phi) is 3.17. The molecule has 2 nitrogen and oxygen atoms in total. The lowest BCUT2D eigenvalue weighted by Gasteiger charge is -2.30. The van der Waals surface area contributed by atoms with Gasteiger partial charge in [0.15, 0.2) is 0 Å². The summed E-state index contributed by atoms with van der Waals surface area (Å²) in [4.78, 5) is 0. The summed E-state index contributed by atoms with van der Waals surface area (Å²) in [5.74, 6) is 0. The highest BCUT2D eigenvalue weighted by Gasteiger charge is 2.07. The maximum Gasteiger partial charge on any atom is 0.0515 e. The van der Waals surface area contributed by atoms with Crippen LogP contribution in [0.2, 0.25) is 0 Å². The maximum atomic E-state index is 2.43. The zero-order chi connectivity index (χ0) is 7.40. The summed E-state index contributed by atoms with van der Waals surface area (Å²) in [6.07, 6.45) is 4.42. The van der Waals surface area contributed by atoms with E-state index >= 15 is 0 Å². The van der Waals surface area contributed by atoms with Crippen molar-refractivity contribution in [1.82, 2.24) is 9.34 Å². The standard InChI is InChI=1S/C7H15N2P/c1-3-8-6-5-7-9(4-2)10-8/h5-6,10H,3-4,7H2,1-2H3. The Labute approximate surface area is 64.8 Å². The first-order chi connectivity index (χ1) is 4.86. The van der Waals surface area contributed by atoms with Crippen LogP contribution in [0, 0.1) is 0 Å². The van der Waals surface area contributed by atoms with Gasteiger partial charge in [0.25, 0.3) is 0 Å². The molecule has 0 radical (unpaired) electrons. The van der Waals surface area contributed by atoms with E-state index in [0.29, 0.717) is 0 Å². The second-order valence-corrected chi connectivity index (χ2v) is 3.72. The van der Waals surface area contributed by atoms with Gasteiger partial charge >= 0.3 is 0 Å². The summed E-state index contributed by atoms with van der Waals surface area (Å²) in [6.45, 7) is 7.83. The largest absolute Gasteiger partial charge is 0.347 e. The lowest BCUT2D eigenvalue weighted by Crippen LogP contribution is -2.23. The van der Waals surface area contributed by atoms with Crippen LogP contribution in [0.25, 0.3) is 0 Å². The Morgan fingerprint density at radius 1 is 1.40 bits per heavy atom. The molecule has 0 saturated carbocycles. The van der Waals surface area contributed by atoms with E-state index in [9.17, 15) is 0 Å². The van der Waals surface area contributed by atoms with Gasteiger partial charge in [-0.05, 0) is 6.92 Å². The van der Waals surface area contributed by atoms with Gasteiger partial charge in [-0.1, -0.05) is 13.0 Å². The molecule has 58 valence electrons. The monoisotopic (exact) mass is 158 g/mol.